The van der Waals surface area contributed by atoms with E-state index >= 15 is 0 Å². The lowest BCUT2D eigenvalue weighted by Crippen LogP contribution is -2.38. The number of hydrogen-bond donors (Lipinski definition) is 1. The molecule has 1 aliphatic heterocycles. The molecule has 0 spiro atoms. The molecule has 21 heavy (non-hydrogen) atoms. The highest BCUT2D eigenvalue weighted by molar-refractivity contribution is 5.27. The molecule has 0 aliphatic carbocycles. The van der Waals surface area contributed by atoms with Crippen molar-refractivity contribution in [1.29, 1.82) is 0 Å². The Morgan fingerprint density at radius 2 is 1.62 bits per heavy atom. The number of rotatable bonds is 4. The van der Waals surface area contributed by atoms with E-state index in [0.717, 1.165) is 13.1 Å². The monoisotopic (exact) mass is 288 g/mol. The van der Waals surface area contributed by atoms with E-state index in [2.05, 4.69) is 69.1 Å². The Kier molecular flexibility index (Phi) is 5.11. The van der Waals surface area contributed by atoms with Crippen LogP contribution < -0.4 is 5.32 Å². The van der Waals surface area contributed by atoms with Gasteiger partial charge in [0.2, 0.25) is 0 Å². The first kappa shape index (κ1) is 16.5. The number of nitrogens with zero attached hydrogens (tertiary/aromatic N) is 1. The van der Waals surface area contributed by atoms with E-state index in [4.69, 9.17) is 0 Å². The molecule has 1 N–H and O–H groups in total. The van der Waals surface area contributed by atoms with Crippen molar-refractivity contribution >= 4 is 0 Å². The van der Waals surface area contributed by atoms with Gasteiger partial charge in [0.05, 0.1) is 0 Å². The van der Waals surface area contributed by atoms with Gasteiger partial charge in [-0.15, -0.1) is 0 Å². The largest absolute Gasteiger partial charge is 0.308 e. The summed E-state index contributed by atoms with van der Waals surface area (Å²) in [4.78, 5) is 2.61. The molecule has 1 aliphatic rings. The van der Waals surface area contributed by atoms with Crippen molar-refractivity contribution in [1.82, 2.24) is 10.2 Å². The van der Waals surface area contributed by atoms with Crippen LogP contribution in [0.25, 0.3) is 0 Å². The van der Waals surface area contributed by atoms with Crippen molar-refractivity contribution in [2.75, 3.05) is 13.1 Å². The molecule has 0 atom stereocenters. The fourth-order valence-corrected chi connectivity index (χ4v) is 2.80. The zero-order chi connectivity index (χ0) is 15.5. The summed E-state index contributed by atoms with van der Waals surface area (Å²) in [5.74, 6) is 0. The zero-order valence-electron chi connectivity index (χ0n) is 14.5. The van der Waals surface area contributed by atoms with E-state index in [-0.39, 0.29) is 5.54 Å². The lowest BCUT2D eigenvalue weighted by atomic mass is 9.82. The van der Waals surface area contributed by atoms with Crippen LogP contribution in [0.4, 0.5) is 0 Å². The van der Waals surface area contributed by atoms with Gasteiger partial charge in [-0.3, -0.25) is 4.90 Å². The summed E-state index contributed by atoms with van der Waals surface area (Å²) < 4.78 is 0. The number of nitrogens with one attached hydrogen (secondary N) is 1. The fourth-order valence-electron chi connectivity index (χ4n) is 2.80. The van der Waals surface area contributed by atoms with Gasteiger partial charge in [0.1, 0.15) is 0 Å². The van der Waals surface area contributed by atoms with Gasteiger partial charge in [-0.1, -0.05) is 38.1 Å². The molecule has 118 valence electrons. The molecule has 1 aromatic carbocycles. The summed E-state index contributed by atoms with van der Waals surface area (Å²) in [5, 5.41) is 3.61. The molecule has 0 aromatic heterocycles. The second kappa shape index (κ2) is 6.50. The highest BCUT2D eigenvalue weighted by Crippen LogP contribution is 2.30. The molecule has 2 heteroatoms. The predicted octanol–water partition coefficient (Wildman–Crippen LogP) is 4.20. The van der Waals surface area contributed by atoms with Crippen LogP contribution in [0.1, 0.15) is 58.6 Å². The molecule has 0 amide bonds. The Morgan fingerprint density at radius 3 is 2.19 bits per heavy atom. The first-order valence-electron chi connectivity index (χ1n) is 8.29. The van der Waals surface area contributed by atoms with E-state index in [9.17, 15) is 0 Å². The highest BCUT2D eigenvalue weighted by atomic mass is 15.1. The molecule has 1 fully saturated rings. The summed E-state index contributed by atoms with van der Waals surface area (Å²) in [6, 6.07) is 8.88. The van der Waals surface area contributed by atoms with Crippen molar-refractivity contribution in [3.8, 4) is 0 Å². The van der Waals surface area contributed by atoms with Crippen LogP contribution in [0.3, 0.4) is 0 Å². The predicted molar refractivity (Wildman–Crippen MR) is 91.3 cm³/mol. The quantitative estimate of drug-likeness (QED) is 0.893. The molecule has 2 rings (SSSR count). The normalized spacial score (nSPS) is 19.7. The minimum absolute atomic E-state index is 0.169. The Balaban J connectivity index is 1.97. The first-order valence-corrected chi connectivity index (χ1v) is 8.29. The minimum Gasteiger partial charge on any atom is -0.308 e. The molecular weight excluding hydrogens is 256 g/mol. The van der Waals surface area contributed by atoms with Gasteiger partial charge >= 0.3 is 0 Å². The van der Waals surface area contributed by atoms with Gasteiger partial charge in [-0.2, -0.15) is 0 Å². The van der Waals surface area contributed by atoms with E-state index in [1.165, 1.54) is 37.1 Å². The Bertz CT molecular complexity index is 447. The van der Waals surface area contributed by atoms with E-state index in [1.54, 1.807) is 0 Å². The second-order valence-electron chi connectivity index (χ2n) is 8.31. The maximum atomic E-state index is 3.61. The van der Waals surface area contributed by atoms with E-state index in [1.807, 2.05) is 0 Å². The average molecular weight is 288 g/mol. The molecule has 1 aromatic rings. The van der Waals surface area contributed by atoms with E-state index in [0.29, 0.717) is 5.41 Å². The standard InChI is InChI=1S/C19H32N2/c1-18(2,3)20-14-16-8-6-7-9-17(16)15-21-12-10-19(4,5)11-13-21/h6-9,20H,10-15H2,1-5H3. The van der Waals surface area contributed by atoms with Crippen LogP contribution in [0, 0.1) is 5.41 Å². The third-order valence-electron chi connectivity index (χ3n) is 4.53. The van der Waals surface area contributed by atoms with Gasteiger partial charge in [0, 0.05) is 18.6 Å². The summed E-state index contributed by atoms with van der Waals surface area (Å²) in [5.41, 5.74) is 3.62. The van der Waals surface area contributed by atoms with Gasteiger partial charge in [-0.25, -0.2) is 0 Å². The second-order valence-corrected chi connectivity index (χ2v) is 8.31. The molecule has 1 saturated heterocycles. The van der Waals surface area contributed by atoms with Crippen LogP contribution in [-0.2, 0) is 13.1 Å². The van der Waals surface area contributed by atoms with Crippen molar-refractivity contribution in [2.24, 2.45) is 5.41 Å². The Morgan fingerprint density at radius 1 is 1.05 bits per heavy atom. The molecular formula is C19H32N2. The summed E-state index contributed by atoms with van der Waals surface area (Å²) in [7, 11) is 0. The van der Waals surface area contributed by atoms with Crippen LogP contribution in [0.15, 0.2) is 24.3 Å². The molecule has 0 radical (unpaired) electrons. The van der Waals surface area contributed by atoms with Crippen molar-refractivity contribution in [2.45, 2.75) is 66.1 Å². The lowest BCUT2D eigenvalue weighted by molar-refractivity contribution is 0.126. The summed E-state index contributed by atoms with van der Waals surface area (Å²) in [6.45, 7) is 16.0. The summed E-state index contributed by atoms with van der Waals surface area (Å²) in [6.07, 6.45) is 2.63. The fraction of sp³-hybridized carbons (Fsp3) is 0.684. The van der Waals surface area contributed by atoms with Crippen LogP contribution >= 0.6 is 0 Å². The molecule has 0 unspecified atom stereocenters. The smallest absolute Gasteiger partial charge is 0.0236 e. The van der Waals surface area contributed by atoms with Crippen LogP contribution in [0.2, 0.25) is 0 Å². The SMILES string of the molecule is CC1(C)CCN(Cc2ccccc2CNC(C)(C)C)CC1. The van der Waals surface area contributed by atoms with Crippen molar-refractivity contribution in [3.05, 3.63) is 35.4 Å². The van der Waals surface area contributed by atoms with Gasteiger partial charge in [0.25, 0.3) is 0 Å². The summed E-state index contributed by atoms with van der Waals surface area (Å²) >= 11 is 0. The number of benzene rings is 1. The molecule has 0 saturated carbocycles. The average Bonchev–Trinajstić information content (AvgIpc) is 2.39. The number of piperidine rings is 1. The number of hydrogen-bond acceptors (Lipinski definition) is 2. The third kappa shape index (κ3) is 5.44. The lowest BCUT2D eigenvalue weighted by Gasteiger charge is -2.37. The highest BCUT2D eigenvalue weighted by Gasteiger charge is 2.25. The molecule has 1 heterocycles. The van der Waals surface area contributed by atoms with Gasteiger partial charge < -0.3 is 5.32 Å². The molecule has 2 nitrogen and oxygen atoms in total. The maximum absolute atomic E-state index is 3.61. The maximum Gasteiger partial charge on any atom is 0.0236 e. The Labute approximate surface area is 130 Å². The van der Waals surface area contributed by atoms with Crippen LogP contribution in [0.5, 0.6) is 0 Å². The van der Waals surface area contributed by atoms with E-state index < -0.39 is 0 Å². The zero-order valence-corrected chi connectivity index (χ0v) is 14.5. The van der Waals surface area contributed by atoms with Crippen molar-refractivity contribution < 1.29 is 0 Å². The van der Waals surface area contributed by atoms with Crippen molar-refractivity contribution in [3.63, 3.8) is 0 Å². The minimum atomic E-state index is 0.169. The van der Waals surface area contributed by atoms with Crippen LogP contribution in [-0.4, -0.2) is 23.5 Å². The molecule has 0 bridgehead atoms. The number of likely N-dealkylation sites (tertiary alicyclic amines) is 1. The van der Waals surface area contributed by atoms with Gasteiger partial charge in [0.15, 0.2) is 0 Å². The first-order chi connectivity index (χ1) is 9.75. The third-order valence-corrected chi connectivity index (χ3v) is 4.53. The Hall–Kier alpha value is -0.860. The topological polar surface area (TPSA) is 15.3 Å². The van der Waals surface area contributed by atoms with Gasteiger partial charge in [-0.05, 0) is 63.2 Å².